The number of hydrogen-bond donors (Lipinski definition) is 2. The first-order valence-electron chi connectivity index (χ1n) is 7.86. The van der Waals surface area contributed by atoms with E-state index < -0.39 is 10.0 Å². The Kier molecular flexibility index (Phi) is 4.12. The summed E-state index contributed by atoms with van der Waals surface area (Å²) in [4.78, 5) is 0.405. The molecule has 1 heterocycles. The van der Waals surface area contributed by atoms with E-state index in [1.54, 1.807) is 12.3 Å². The highest BCUT2D eigenvalue weighted by Crippen LogP contribution is 2.38. The standard InChI is InChI=1S/C15H25N3O2S/c1-11(12-3-4-12)8-17-21(19,20)15-7-14(9-16-2)18(10-15)13-5-6-13/h7,10-13,16-17H,3-6,8-9H2,1-2H3. The quantitative estimate of drug-likeness (QED) is 0.770. The Bertz CT molecular complexity index is 600. The van der Waals surface area contributed by atoms with E-state index in [0.717, 1.165) is 18.5 Å². The van der Waals surface area contributed by atoms with Crippen molar-refractivity contribution in [1.29, 1.82) is 0 Å². The molecule has 0 amide bonds. The lowest BCUT2D eigenvalue weighted by atomic mass is 10.1. The molecule has 2 N–H and O–H groups in total. The van der Waals surface area contributed by atoms with Gasteiger partial charge in [-0.25, -0.2) is 13.1 Å². The van der Waals surface area contributed by atoms with Gasteiger partial charge in [-0.2, -0.15) is 0 Å². The molecule has 0 radical (unpaired) electrons. The van der Waals surface area contributed by atoms with Crippen LogP contribution in [0.1, 0.15) is 44.3 Å². The number of aromatic nitrogens is 1. The summed E-state index contributed by atoms with van der Waals surface area (Å²) in [6, 6.07) is 2.29. The van der Waals surface area contributed by atoms with Gasteiger partial charge in [0.1, 0.15) is 0 Å². The normalized spacial score (nSPS) is 20.7. The summed E-state index contributed by atoms with van der Waals surface area (Å²) in [5, 5.41) is 3.11. The van der Waals surface area contributed by atoms with E-state index >= 15 is 0 Å². The van der Waals surface area contributed by atoms with E-state index in [1.807, 2.05) is 7.05 Å². The van der Waals surface area contributed by atoms with E-state index in [9.17, 15) is 8.42 Å². The minimum Gasteiger partial charge on any atom is -0.346 e. The SMILES string of the molecule is CNCc1cc(S(=O)(=O)NCC(C)C2CC2)cn1C1CC1. The summed E-state index contributed by atoms with van der Waals surface area (Å²) in [6.07, 6.45) is 6.59. The molecule has 6 heteroatoms. The number of rotatable bonds is 8. The molecule has 0 aliphatic heterocycles. The van der Waals surface area contributed by atoms with Crippen molar-refractivity contribution in [2.45, 2.75) is 50.1 Å². The van der Waals surface area contributed by atoms with Gasteiger partial charge in [0, 0.05) is 31.0 Å². The average molecular weight is 311 g/mol. The highest BCUT2D eigenvalue weighted by atomic mass is 32.2. The third kappa shape index (κ3) is 3.49. The average Bonchev–Trinajstić information content (AvgIpc) is 3.34. The van der Waals surface area contributed by atoms with Gasteiger partial charge in [0.2, 0.25) is 10.0 Å². The van der Waals surface area contributed by atoms with Crippen molar-refractivity contribution in [3.8, 4) is 0 Å². The van der Waals surface area contributed by atoms with Crippen LogP contribution in [-0.2, 0) is 16.6 Å². The zero-order chi connectivity index (χ0) is 15.0. The molecule has 5 nitrogen and oxygen atoms in total. The second-order valence-electron chi connectivity index (χ2n) is 6.50. The van der Waals surface area contributed by atoms with Crippen molar-refractivity contribution >= 4 is 10.0 Å². The van der Waals surface area contributed by atoms with E-state index in [2.05, 4.69) is 21.5 Å². The minimum absolute atomic E-state index is 0.405. The first kappa shape index (κ1) is 15.1. The van der Waals surface area contributed by atoms with Crippen molar-refractivity contribution in [1.82, 2.24) is 14.6 Å². The monoisotopic (exact) mass is 311 g/mol. The predicted molar refractivity (Wildman–Crippen MR) is 82.5 cm³/mol. The summed E-state index contributed by atoms with van der Waals surface area (Å²) in [5.74, 6) is 1.14. The van der Waals surface area contributed by atoms with Gasteiger partial charge in [0.15, 0.2) is 0 Å². The van der Waals surface area contributed by atoms with E-state index in [4.69, 9.17) is 0 Å². The molecule has 118 valence electrons. The van der Waals surface area contributed by atoms with Crippen LogP contribution in [0.3, 0.4) is 0 Å². The second kappa shape index (κ2) is 5.74. The van der Waals surface area contributed by atoms with Crippen LogP contribution in [0.2, 0.25) is 0 Å². The molecule has 2 aliphatic rings. The van der Waals surface area contributed by atoms with E-state index in [0.29, 0.717) is 35.9 Å². The molecule has 0 bridgehead atoms. The fourth-order valence-electron chi connectivity index (χ4n) is 2.82. The predicted octanol–water partition coefficient (Wildman–Crippen LogP) is 1.87. The van der Waals surface area contributed by atoms with Gasteiger partial charge in [-0.05, 0) is 50.6 Å². The molecule has 1 aromatic rings. The first-order valence-corrected chi connectivity index (χ1v) is 9.34. The number of nitrogens with one attached hydrogen (secondary N) is 2. The van der Waals surface area contributed by atoms with Gasteiger partial charge in [-0.3, -0.25) is 0 Å². The zero-order valence-electron chi connectivity index (χ0n) is 12.8. The van der Waals surface area contributed by atoms with Crippen LogP contribution in [0.25, 0.3) is 0 Å². The molecule has 0 saturated heterocycles. The largest absolute Gasteiger partial charge is 0.346 e. The molecule has 1 aromatic heterocycles. The topological polar surface area (TPSA) is 63.1 Å². The van der Waals surface area contributed by atoms with Crippen LogP contribution >= 0.6 is 0 Å². The fraction of sp³-hybridized carbons (Fsp3) is 0.733. The Morgan fingerprint density at radius 2 is 2.05 bits per heavy atom. The molecule has 1 unspecified atom stereocenters. The van der Waals surface area contributed by atoms with Gasteiger partial charge < -0.3 is 9.88 Å². The molecule has 21 heavy (non-hydrogen) atoms. The van der Waals surface area contributed by atoms with Crippen LogP contribution in [0.15, 0.2) is 17.2 Å². The molecule has 2 aliphatic carbocycles. The number of hydrogen-bond acceptors (Lipinski definition) is 3. The lowest BCUT2D eigenvalue weighted by Crippen LogP contribution is -2.29. The maximum atomic E-state index is 12.4. The van der Waals surface area contributed by atoms with Gasteiger partial charge in [-0.15, -0.1) is 0 Å². The van der Waals surface area contributed by atoms with E-state index in [1.165, 1.54) is 12.8 Å². The Morgan fingerprint density at radius 3 is 2.62 bits per heavy atom. The zero-order valence-corrected chi connectivity index (χ0v) is 13.6. The third-order valence-corrected chi connectivity index (χ3v) is 5.93. The lowest BCUT2D eigenvalue weighted by Gasteiger charge is -2.11. The van der Waals surface area contributed by atoms with Crippen LogP contribution in [0, 0.1) is 11.8 Å². The highest BCUT2D eigenvalue weighted by molar-refractivity contribution is 7.89. The molecule has 0 spiro atoms. The highest BCUT2D eigenvalue weighted by Gasteiger charge is 2.30. The third-order valence-electron chi connectivity index (χ3n) is 4.54. The van der Waals surface area contributed by atoms with Gasteiger partial charge >= 0.3 is 0 Å². The number of sulfonamides is 1. The van der Waals surface area contributed by atoms with Crippen LogP contribution < -0.4 is 10.0 Å². The Balaban J connectivity index is 1.72. The minimum atomic E-state index is -3.39. The molecular formula is C15H25N3O2S. The Hall–Kier alpha value is -0.850. The summed E-state index contributed by atoms with van der Waals surface area (Å²) in [5.41, 5.74) is 1.05. The van der Waals surface area contributed by atoms with Crippen molar-refractivity contribution < 1.29 is 8.42 Å². The Labute approximate surface area is 127 Å². The molecule has 3 rings (SSSR count). The number of nitrogens with zero attached hydrogens (tertiary/aromatic N) is 1. The van der Waals surface area contributed by atoms with Crippen molar-refractivity contribution in [2.75, 3.05) is 13.6 Å². The van der Waals surface area contributed by atoms with Crippen molar-refractivity contribution in [2.24, 2.45) is 11.8 Å². The first-order chi connectivity index (χ1) is 10.0. The van der Waals surface area contributed by atoms with Gasteiger partial charge in [0.05, 0.1) is 4.90 Å². The second-order valence-corrected chi connectivity index (χ2v) is 8.27. The molecular weight excluding hydrogens is 286 g/mol. The van der Waals surface area contributed by atoms with Gasteiger partial charge in [-0.1, -0.05) is 6.92 Å². The molecule has 2 saturated carbocycles. The molecule has 2 fully saturated rings. The lowest BCUT2D eigenvalue weighted by molar-refractivity contribution is 0.492. The summed E-state index contributed by atoms with van der Waals surface area (Å²) in [7, 11) is -1.50. The molecule has 1 atom stereocenters. The maximum Gasteiger partial charge on any atom is 0.242 e. The maximum absolute atomic E-state index is 12.4. The van der Waals surface area contributed by atoms with Crippen molar-refractivity contribution in [3.05, 3.63) is 18.0 Å². The van der Waals surface area contributed by atoms with Gasteiger partial charge in [0.25, 0.3) is 0 Å². The van der Waals surface area contributed by atoms with Crippen LogP contribution in [-0.4, -0.2) is 26.6 Å². The van der Waals surface area contributed by atoms with Crippen molar-refractivity contribution in [3.63, 3.8) is 0 Å². The van der Waals surface area contributed by atoms with Crippen LogP contribution in [0.4, 0.5) is 0 Å². The summed E-state index contributed by atoms with van der Waals surface area (Å²) < 4.78 is 29.8. The molecule has 0 aromatic carbocycles. The smallest absolute Gasteiger partial charge is 0.242 e. The fourth-order valence-corrected chi connectivity index (χ4v) is 4.01. The van der Waals surface area contributed by atoms with E-state index in [-0.39, 0.29) is 0 Å². The van der Waals surface area contributed by atoms with Crippen LogP contribution in [0.5, 0.6) is 0 Å². The summed E-state index contributed by atoms with van der Waals surface area (Å²) in [6.45, 7) is 3.37. The Morgan fingerprint density at radius 1 is 1.33 bits per heavy atom. The summed E-state index contributed by atoms with van der Waals surface area (Å²) >= 11 is 0.